The fourth-order valence-electron chi connectivity index (χ4n) is 1.52. The summed E-state index contributed by atoms with van der Waals surface area (Å²) in [7, 11) is 1.86. The van der Waals surface area contributed by atoms with Crippen LogP contribution < -0.4 is 24.8 Å². The molecular formula is C15H23Cl2NSiTi-2. The zero-order chi connectivity index (χ0) is 14.3. The van der Waals surface area contributed by atoms with Gasteiger partial charge in [0.05, 0.1) is 0 Å². The molecule has 0 fully saturated rings. The Morgan fingerprint density at radius 1 is 1.05 bits per heavy atom. The molecule has 0 atom stereocenters. The number of hydrogen-bond donors (Lipinski definition) is 0. The van der Waals surface area contributed by atoms with E-state index in [0.29, 0.717) is 0 Å². The Balaban J connectivity index is -0.000000281. The fraction of sp³-hybridized carbons (Fsp3) is 0.400. The third-order valence-electron chi connectivity index (χ3n) is 2.33. The van der Waals surface area contributed by atoms with Crippen molar-refractivity contribution in [1.82, 2.24) is 0 Å². The van der Waals surface area contributed by atoms with Crippen LogP contribution in [0.2, 0.25) is 0 Å². The second kappa shape index (κ2) is 11.9. The van der Waals surface area contributed by atoms with Gasteiger partial charge in [-0.25, -0.2) is 0 Å². The van der Waals surface area contributed by atoms with Gasteiger partial charge >= 0.3 is 26.8 Å². The molecule has 0 heterocycles. The van der Waals surface area contributed by atoms with E-state index in [-0.39, 0.29) is 30.4 Å². The van der Waals surface area contributed by atoms with E-state index >= 15 is 0 Å². The van der Waals surface area contributed by atoms with Crippen molar-refractivity contribution in [2.45, 2.75) is 40.2 Å². The van der Waals surface area contributed by atoms with E-state index in [1.54, 1.807) is 0 Å². The van der Waals surface area contributed by atoms with Crippen molar-refractivity contribution in [2.24, 2.45) is 0 Å². The number of hydrogen-bond acceptors (Lipinski definition) is 0. The Bertz CT molecular complexity index is 486. The van der Waals surface area contributed by atoms with Crippen LogP contribution >= 0.6 is 0 Å². The summed E-state index contributed by atoms with van der Waals surface area (Å²) < 4.78 is 0. The summed E-state index contributed by atoms with van der Waals surface area (Å²) >= 11 is 2.03. The third-order valence-corrected chi connectivity index (χ3v) is 2.33. The Morgan fingerprint density at radius 2 is 1.45 bits per heavy atom. The predicted octanol–water partition coefficient (Wildman–Crippen LogP) is -1.90. The van der Waals surface area contributed by atoms with E-state index in [2.05, 4.69) is 44.2 Å². The van der Waals surface area contributed by atoms with Crippen molar-refractivity contribution >= 4 is 18.4 Å². The molecule has 2 aromatic rings. The summed E-state index contributed by atoms with van der Waals surface area (Å²) in [4.78, 5) is 0. The molecule has 112 valence electrons. The molecule has 1 N–H and O–H groups in total. The second-order valence-corrected chi connectivity index (χ2v) is 5.29. The summed E-state index contributed by atoms with van der Waals surface area (Å²) in [5.74, 6) is 0. The summed E-state index contributed by atoms with van der Waals surface area (Å²) in [5.41, 5.74) is 9.50. The molecule has 1 nitrogen and oxygen atoms in total. The van der Waals surface area contributed by atoms with E-state index in [1.807, 2.05) is 47.6 Å². The van der Waals surface area contributed by atoms with Crippen molar-refractivity contribution in [3.63, 3.8) is 0 Å². The predicted molar refractivity (Wildman–Crippen MR) is 81.6 cm³/mol. The molecule has 0 amide bonds. The normalized spacial score (nSPS) is 9.20. The average Bonchev–Trinajstić information content (AvgIpc) is 2.56. The molecule has 0 unspecified atom stereocenters. The van der Waals surface area contributed by atoms with Crippen LogP contribution in [0.25, 0.3) is 16.5 Å². The van der Waals surface area contributed by atoms with Crippen molar-refractivity contribution in [1.29, 1.82) is 0 Å². The summed E-state index contributed by atoms with van der Waals surface area (Å²) in [6.45, 7) is 9.90. The van der Waals surface area contributed by atoms with Gasteiger partial charge in [0.2, 0.25) is 0 Å². The molecule has 0 aliphatic rings. The van der Waals surface area contributed by atoms with Crippen molar-refractivity contribution in [2.75, 3.05) is 0 Å². The molecular weight excluding hydrogens is 341 g/mol. The maximum absolute atomic E-state index is 6.94. The van der Waals surface area contributed by atoms with Crippen molar-refractivity contribution in [3.05, 3.63) is 47.2 Å². The number of aryl methyl sites for hydroxylation is 2. The van der Waals surface area contributed by atoms with Crippen LogP contribution in [0.15, 0.2) is 30.3 Å². The molecule has 0 aliphatic carbocycles. The zero-order valence-electron chi connectivity index (χ0n) is 12.8. The maximum atomic E-state index is 6.94. The van der Waals surface area contributed by atoms with Gasteiger partial charge in [-0.15, -0.1) is 46.1 Å². The van der Waals surface area contributed by atoms with Gasteiger partial charge in [0.15, 0.2) is 0 Å². The number of nitrogens with one attached hydrogen (secondary N) is 1. The summed E-state index contributed by atoms with van der Waals surface area (Å²) in [6.07, 6.45) is 0. The van der Waals surface area contributed by atoms with Crippen molar-refractivity contribution < 1.29 is 44.0 Å². The molecule has 5 heteroatoms. The van der Waals surface area contributed by atoms with Crippen LogP contribution in [0.5, 0.6) is 0 Å². The number of benzene rings is 1. The summed E-state index contributed by atoms with van der Waals surface area (Å²) in [5, 5.41) is 2.76. The van der Waals surface area contributed by atoms with E-state index in [0.717, 1.165) is 0 Å². The van der Waals surface area contributed by atoms with E-state index in [9.17, 15) is 0 Å². The van der Waals surface area contributed by atoms with E-state index in [1.165, 1.54) is 21.9 Å². The second-order valence-electron chi connectivity index (χ2n) is 5.29. The first-order chi connectivity index (χ1) is 8.29. The fourth-order valence-corrected chi connectivity index (χ4v) is 1.52. The van der Waals surface area contributed by atoms with Gasteiger partial charge in [-0.1, -0.05) is 40.7 Å². The Hall–Kier alpha value is 0.301. The van der Waals surface area contributed by atoms with Gasteiger partial charge in [-0.3, -0.25) is 0 Å². The monoisotopic (exact) mass is 363 g/mol. The van der Waals surface area contributed by atoms with Gasteiger partial charge < -0.3 is 30.5 Å². The number of fused-ring (bicyclic) bond motifs is 1. The number of rotatable bonds is 0. The molecule has 2 aromatic carbocycles. The van der Waals surface area contributed by atoms with Gasteiger partial charge in [-0.2, -0.15) is 5.56 Å². The van der Waals surface area contributed by atoms with Gasteiger partial charge in [-0.05, 0) is 0 Å². The minimum absolute atomic E-state index is 0. The van der Waals surface area contributed by atoms with Gasteiger partial charge in [0.1, 0.15) is 0 Å². The van der Waals surface area contributed by atoms with Crippen LogP contribution in [0.1, 0.15) is 31.9 Å². The van der Waals surface area contributed by atoms with E-state index < -0.39 is 0 Å². The van der Waals surface area contributed by atoms with Crippen molar-refractivity contribution in [3.8, 4) is 0 Å². The first-order valence-electron chi connectivity index (χ1n) is 6.01. The molecule has 2 rings (SSSR count). The molecule has 0 spiro atoms. The first-order valence-corrected chi connectivity index (χ1v) is 10.0. The molecule has 0 aromatic heterocycles. The Kier molecular flexibility index (Phi) is 15.0. The topological polar surface area (TPSA) is 23.8 Å². The average molecular weight is 364 g/mol. The molecule has 0 aliphatic heterocycles. The van der Waals surface area contributed by atoms with Crippen LogP contribution in [0, 0.1) is 13.8 Å². The molecule has 0 saturated carbocycles. The molecule has 0 saturated heterocycles. The molecule has 20 heavy (non-hydrogen) atoms. The SMILES string of the molecule is CC(C)(C)[NH-].Cc1[cH-]c2ccccc2c1C.[Cl-].[Cl-].[SiH2]=[Ti+2]. The minimum atomic E-state index is -0.250. The van der Waals surface area contributed by atoms with Crippen LogP contribution in [0.3, 0.4) is 0 Å². The summed E-state index contributed by atoms with van der Waals surface area (Å²) in [6, 6.07) is 10.8. The van der Waals surface area contributed by atoms with Crippen LogP contribution in [-0.4, -0.2) is 13.2 Å². The Morgan fingerprint density at radius 3 is 1.85 bits per heavy atom. The molecule has 0 bridgehead atoms. The molecule has 0 radical (unpaired) electrons. The van der Waals surface area contributed by atoms with E-state index in [4.69, 9.17) is 5.73 Å². The third kappa shape index (κ3) is 10.1. The quantitative estimate of drug-likeness (QED) is 0.386. The number of halogens is 2. The standard InChI is InChI=1S/C11H11.C4H10N.2ClH.H2Si.Ti/c1-8-7-10-5-3-4-6-11(10)9(8)2;1-4(2,3)5;;;;/h3-7H,1-2H3;5H,1-3H3;2*1H;1H2;/q2*-1;;;;+2/p-2. The van der Waals surface area contributed by atoms with Crippen LogP contribution in [-0.2, 0) is 19.2 Å². The first kappa shape index (κ1) is 25.3. The zero-order valence-corrected chi connectivity index (χ0v) is 17.3. The van der Waals surface area contributed by atoms with Gasteiger partial charge in [0, 0.05) is 0 Å². The Labute approximate surface area is 149 Å². The van der Waals surface area contributed by atoms with Crippen LogP contribution in [0.4, 0.5) is 0 Å². The van der Waals surface area contributed by atoms with Gasteiger partial charge in [0.25, 0.3) is 0 Å².